The van der Waals surface area contributed by atoms with Crippen LogP contribution in [0.3, 0.4) is 0 Å². The van der Waals surface area contributed by atoms with E-state index in [0.717, 1.165) is 4.57 Å². The van der Waals surface area contributed by atoms with E-state index >= 15 is 0 Å². The van der Waals surface area contributed by atoms with E-state index in [1.807, 2.05) is 0 Å². The summed E-state index contributed by atoms with van der Waals surface area (Å²) in [5.74, 6) is -0.399. The van der Waals surface area contributed by atoms with Crippen molar-refractivity contribution in [3.8, 4) is 5.75 Å². The van der Waals surface area contributed by atoms with Crippen molar-refractivity contribution in [2.24, 2.45) is 0 Å². The van der Waals surface area contributed by atoms with Gasteiger partial charge in [-0.3, -0.25) is 14.2 Å². The molecule has 0 spiro atoms. The van der Waals surface area contributed by atoms with Gasteiger partial charge in [0.25, 0.3) is 5.56 Å². The van der Waals surface area contributed by atoms with Crippen LogP contribution in [0.25, 0.3) is 0 Å². The summed E-state index contributed by atoms with van der Waals surface area (Å²) < 4.78 is 10.7. The van der Waals surface area contributed by atoms with E-state index in [-0.39, 0.29) is 23.4 Å². The molecular formula is C10H14ClN3O4. The molecule has 1 heterocycles. The molecule has 1 aromatic rings. The fourth-order valence-corrected chi connectivity index (χ4v) is 1.44. The molecule has 0 unspecified atom stereocenters. The third kappa shape index (κ3) is 3.71. The van der Waals surface area contributed by atoms with E-state index in [9.17, 15) is 9.59 Å². The molecule has 0 radical (unpaired) electrons. The van der Waals surface area contributed by atoms with Crippen LogP contribution < -0.4 is 15.6 Å². The Morgan fingerprint density at radius 3 is 2.89 bits per heavy atom. The minimum atomic E-state index is -0.501. The zero-order chi connectivity index (χ0) is 13.5. The van der Waals surface area contributed by atoms with Crippen molar-refractivity contribution in [1.82, 2.24) is 14.9 Å². The predicted octanol–water partition coefficient (Wildman–Crippen LogP) is -0.332. The highest BCUT2D eigenvalue weighted by Crippen LogP contribution is 2.14. The predicted molar refractivity (Wildman–Crippen MR) is 64.9 cm³/mol. The molecule has 0 aliphatic rings. The highest BCUT2D eigenvalue weighted by molar-refractivity contribution is 6.30. The van der Waals surface area contributed by atoms with Crippen LogP contribution in [0.2, 0.25) is 5.15 Å². The zero-order valence-corrected chi connectivity index (χ0v) is 10.9. The molecule has 1 rings (SSSR count). The maximum Gasteiger partial charge on any atom is 0.297 e. The lowest BCUT2D eigenvalue weighted by molar-refractivity contribution is -0.121. The number of nitrogens with one attached hydrogen (secondary N) is 1. The van der Waals surface area contributed by atoms with Gasteiger partial charge in [0.1, 0.15) is 6.54 Å². The van der Waals surface area contributed by atoms with Crippen LogP contribution in [0, 0.1) is 0 Å². The first-order valence-corrected chi connectivity index (χ1v) is 5.52. The number of halogens is 1. The molecule has 18 heavy (non-hydrogen) atoms. The Hall–Kier alpha value is -1.60. The van der Waals surface area contributed by atoms with Gasteiger partial charge in [-0.2, -0.15) is 0 Å². The van der Waals surface area contributed by atoms with E-state index < -0.39 is 5.56 Å². The second kappa shape index (κ2) is 6.97. The Morgan fingerprint density at radius 1 is 1.56 bits per heavy atom. The number of amides is 1. The molecule has 1 aromatic heterocycles. The maximum absolute atomic E-state index is 11.8. The minimum Gasteiger partial charge on any atom is -0.489 e. The van der Waals surface area contributed by atoms with Crippen LogP contribution in [0.15, 0.2) is 11.1 Å². The van der Waals surface area contributed by atoms with Gasteiger partial charge in [-0.15, -0.1) is 0 Å². The number of methoxy groups -OCH3 is 2. The van der Waals surface area contributed by atoms with Gasteiger partial charge in [-0.05, 0) is 0 Å². The van der Waals surface area contributed by atoms with Crippen molar-refractivity contribution in [2.75, 3.05) is 27.4 Å². The Morgan fingerprint density at radius 2 is 2.28 bits per heavy atom. The quantitative estimate of drug-likeness (QED) is 0.568. The van der Waals surface area contributed by atoms with E-state index in [1.54, 1.807) is 0 Å². The number of ether oxygens (including phenoxy) is 2. The second-order valence-electron chi connectivity index (χ2n) is 3.34. The highest BCUT2D eigenvalue weighted by Gasteiger charge is 2.12. The fourth-order valence-electron chi connectivity index (χ4n) is 1.24. The van der Waals surface area contributed by atoms with Crippen molar-refractivity contribution in [2.45, 2.75) is 6.54 Å². The third-order valence-electron chi connectivity index (χ3n) is 2.10. The Bertz CT molecular complexity index is 475. The Labute approximate surface area is 109 Å². The van der Waals surface area contributed by atoms with Crippen LogP contribution in [-0.4, -0.2) is 42.8 Å². The van der Waals surface area contributed by atoms with Crippen LogP contribution in [0.5, 0.6) is 5.75 Å². The molecule has 7 nitrogen and oxygen atoms in total. The molecular weight excluding hydrogens is 262 g/mol. The summed E-state index contributed by atoms with van der Waals surface area (Å²) >= 11 is 5.67. The molecule has 0 aromatic carbocycles. The van der Waals surface area contributed by atoms with Crippen LogP contribution >= 0.6 is 11.6 Å². The molecule has 0 bridgehead atoms. The summed E-state index contributed by atoms with van der Waals surface area (Å²) in [7, 11) is 2.85. The topological polar surface area (TPSA) is 82.4 Å². The number of nitrogens with zero attached hydrogens (tertiary/aromatic N) is 2. The van der Waals surface area contributed by atoms with Crippen molar-refractivity contribution in [3.63, 3.8) is 0 Å². The molecule has 100 valence electrons. The minimum absolute atomic E-state index is 0.0291. The van der Waals surface area contributed by atoms with Crippen molar-refractivity contribution < 1.29 is 14.3 Å². The van der Waals surface area contributed by atoms with Gasteiger partial charge in [0, 0.05) is 13.7 Å². The normalized spacial score (nSPS) is 10.2. The molecule has 0 fully saturated rings. The van der Waals surface area contributed by atoms with Crippen LogP contribution in [0.1, 0.15) is 0 Å². The molecule has 0 aliphatic carbocycles. The Balaban J connectivity index is 2.73. The summed E-state index contributed by atoms with van der Waals surface area (Å²) in [6, 6.07) is 0. The number of hydrogen-bond donors (Lipinski definition) is 1. The highest BCUT2D eigenvalue weighted by atomic mass is 35.5. The first-order chi connectivity index (χ1) is 8.60. The SMILES string of the molecule is COCCNC(=O)Cn1cnc(Cl)c(OC)c1=O. The van der Waals surface area contributed by atoms with Gasteiger partial charge in [-0.1, -0.05) is 11.6 Å². The maximum atomic E-state index is 11.8. The summed E-state index contributed by atoms with van der Waals surface area (Å²) in [6.45, 7) is 0.633. The van der Waals surface area contributed by atoms with E-state index in [4.69, 9.17) is 21.1 Å². The molecule has 1 amide bonds. The fraction of sp³-hybridized carbons (Fsp3) is 0.500. The molecule has 0 saturated carbocycles. The average molecular weight is 276 g/mol. The lowest BCUT2D eigenvalue weighted by Crippen LogP contribution is -2.34. The van der Waals surface area contributed by atoms with Gasteiger partial charge in [-0.25, -0.2) is 4.98 Å². The Kier molecular flexibility index (Phi) is 5.60. The standard InChI is InChI=1S/C10H14ClN3O4/c1-17-4-3-12-7(15)5-14-6-13-9(11)8(18-2)10(14)16/h6H,3-5H2,1-2H3,(H,12,15). The molecule has 0 atom stereocenters. The van der Waals surface area contributed by atoms with E-state index in [1.165, 1.54) is 20.5 Å². The van der Waals surface area contributed by atoms with E-state index in [2.05, 4.69) is 10.3 Å². The number of hydrogen-bond acceptors (Lipinski definition) is 5. The van der Waals surface area contributed by atoms with Crippen LogP contribution in [0.4, 0.5) is 0 Å². The number of carbonyl (C=O) groups is 1. The van der Waals surface area contributed by atoms with Crippen molar-refractivity contribution in [3.05, 3.63) is 21.8 Å². The van der Waals surface area contributed by atoms with Crippen molar-refractivity contribution in [1.29, 1.82) is 0 Å². The monoisotopic (exact) mass is 275 g/mol. The lowest BCUT2D eigenvalue weighted by Gasteiger charge is -2.08. The summed E-state index contributed by atoms with van der Waals surface area (Å²) in [6.07, 6.45) is 1.20. The number of aromatic nitrogens is 2. The first-order valence-electron chi connectivity index (χ1n) is 5.14. The van der Waals surface area contributed by atoms with Gasteiger partial charge in [0.15, 0.2) is 5.15 Å². The molecule has 0 saturated heterocycles. The third-order valence-corrected chi connectivity index (χ3v) is 2.37. The van der Waals surface area contributed by atoms with E-state index in [0.29, 0.717) is 13.2 Å². The lowest BCUT2D eigenvalue weighted by atomic mass is 10.5. The summed E-state index contributed by atoms with van der Waals surface area (Å²) in [4.78, 5) is 27.1. The van der Waals surface area contributed by atoms with Crippen LogP contribution in [-0.2, 0) is 16.1 Å². The van der Waals surface area contributed by atoms with Gasteiger partial charge in [0.2, 0.25) is 11.7 Å². The number of rotatable bonds is 6. The average Bonchev–Trinajstić information content (AvgIpc) is 2.34. The summed E-state index contributed by atoms with van der Waals surface area (Å²) in [5, 5.41) is 2.56. The van der Waals surface area contributed by atoms with Gasteiger partial charge >= 0.3 is 0 Å². The first kappa shape index (κ1) is 14.5. The van der Waals surface area contributed by atoms with Gasteiger partial charge in [0.05, 0.1) is 20.0 Å². The molecule has 8 heteroatoms. The number of carbonyl (C=O) groups excluding carboxylic acids is 1. The van der Waals surface area contributed by atoms with Crippen molar-refractivity contribution >= 4 is 17.5 Å². The largest absolute Gasteiger partial charge is 0.489 e. The smallest absolute Gasteiger partial charge is 0.297 e. The zero-order valence-electron chi connectivity index (χ0n) is 10.1. The second-order valence-corrected chi connectivity index (χ2v) is 3.70. The molecule has 0 aliphatic heterocycles. The molecule has 1 N–H and O–H groups in total. The summed E-state index contributed by atoms with van der Waals surface area (Å²) in [5.41, 5.74) is -0.501. The van der Waals surface area contributed by atoms with Gasteiger partial charge < -0.3 is 14.8 Å².